The number of carbonyl (C=O) groups excluding carboxylic acids is 2. The Kier molecular flexibility index (Phi) is 9.97. The van der Waals surface area contributed by atoms with E-state index >= 15 is 0 Å². The second-order valence-electron chi connectivity index (χ2n) is 12.2. The van der Waals surface area contributed by atoms with Crippen LogP contribution in [-0.2, 0) is 29.9 Å². The molecule has 1 aromatic carbocycles. The van der Waals surface area contributed by atoms with Gasteiger partial charge in [-0.15, -0.1) is 11.3 Å². The first-order chi connectivity index (χ1) is 22.3. The molecule has 1 aromatic heterocycles. The molecule has 1 aliphatic carbocycles. The third-order valence-corrected chi connectivity index (χ3v) is 9.52. The third kappa shape index (κ3) is 6.87. The minimum atomic E-state index is -2.04. The molecule has 3 unspecified atom stereocenters. The predicted molar refractivity (Wildman–Crippen MR) is 175 cm³/mol. The summed E-state index contributed by atoms with van der Waals surface area (Å²) < 4.78 is 20.0. The van der Waals surface area contributed by atoms with Gasteiger partial charge in [0.2, 0.25) is 0 Å². The van der Waals surface area contributed by atoms with Gasteiger partial charge in [-0.1, -0.05) is 12.1 Å². The van der Waals surface area contributed by atoms with Gasteiger partial charge in [0, 0.05) is 17.0 Å². The van der Waals surface area contributed by atoms with E-state index in [1.807, 2.05) is 6.07 Å². The number of aliphatic imine (C=N–C) groups is 1. The number of carboxylic acids is 1. The molecule has 0 spiro atoms. The SMILES string of the molecule is CCNC1CC(N=C(N)c2ccc3c(c2)CCC(C(C)(O/N=C(\C(=O)NC2C(=O)N(OSO)C2(C)C)c2csc(N)n2)C(=O)O)O3)C1. The summed E-state index contributed by atoms with van der Waals surface area (Å²) in [6, 6.07) is 4.98. The van der Waals surface area contributed by atoms with E-state index in [4.69, 9.17) is 29.9 Å². The van der Waals surface area contributed by atoms with Crippen LogP contribution in [0.1, 0.15) is 63.8 Å². The van der Waals surface area contributed by atoms with Gasteiger partial charge in [-0.25, -0.2) is 9.78 Å². The van der Waals surface area contributed by atoms with Crippen LogP contribution in [0.5, 0.6) is 5.75 Å². The monoisotopic (exact) mass is 690 g/mol. The number of β-lactam (4-membered cyclic amide) rings is 1. The molecule has 5 rings (SSSR count). The van der Waals surface area contributed by atoms with Crippen LogP contribution in [0, 0.1) is 0 Å². The Morgan fingerprint density at radius 3 is 2.70 bits per heavy atom. The normalized spacial score (nSPS) is 25.0. The van der Waals surface area contributed by atoms with Gasteiger partial charge in [0.25, 0.3) is 17.4 Å². The van der Waals surface area contributed by atoms with Crippen LogP contribution in [0.2, 0.25) is 0 Å². The first-order valence-corrected chi connectivity index (χ1v) is 16.6. The molecule has 1 saturated heterocycles. The lowest BCUT2D eigenvalue weighted by molar-refractivity contribution is -0.214. The maximum atomic E-state index is 13.4. The summed E-state index contributed by atoms with van der Waals surface area (Å²) in [6.07, 6.45) is 1.60. The zero-order chi connectivity index (χ0) is 34.1. The van der Waals surface area contributed by atoms with Crippen LogP contribution >= 0.6 is 23.7 Å². The molecule has 0 bridgehead atoms. The number of amides is 2. The Hall–Kier alpha value is -3.97. The molecule has 16 nitrogen and oxygen atoms in total. The van der Waals surface area contributed by atoms with Crippen molar-refractivity contribution in [2.24, 2.45) is 15.9 Å². The summed E-state index contributed by atoms with van der Waals surface area (Å²) >= 11 is 1.03. The Bertz CT molecular complexity index is 1590. The number of nitrogens with two attached hydrogens (primary N) is 2. The predicted octanol–water partition coefficient (Wildman–Crippen LogP) is 1.69. The summed E-state index contributed by atoms with van der Waals surface area (Å²) in [5.74, 6) is -1.95. The topological polar surface area (TPSA) is 236 Å². The summed E-state index contributed by atoms with van der Waals surface area (Å²) in [7, 11) is 0. The molecule has 254 valence electrons. The maximum absolute atomic E-state index is 13.4. The zero-order valence-electron chi connectivity index (χ0n) is 26.3. The van der Waals surface area contributed by atoms with Crippen LogP contribution in [-0.4, -0.2) is 91.0 Å². The van der Waals surface area contributed by atoms with Gasteiger partial charge in [0.05, 0.1) is 11.6 Å². The van der Waals surface area contributed by atoms with Crippen LogP contribution < -0.4 is 26.8 Å². The van der Waals surface area contributed by atoms with Gasteiger partial charge >= 0.3 is 5.97 Å². The van der Waals surface area contributed by atoms with E-state index in [1.54, 1.807) is 26.0 Å². The first kappa shape index (κ1) is 34.4. The van der Waals surface area contributed by atoms with Gasteiger partial charge in [0.1, 0.15) is 23.3 Å². The standard InChI is InChI=1S/C29H38N8O8S2/c1-5-32-16-11-17(12-16)33-23(30)15-6-8-19-14(10-15)7-9-20(43-19)29(4,26(40)41)44-36-21(18-13-46-27(31)34-18)24(38)35-22-25(39)37(45-47-42)28(22,2)3/h6,8,10,13,16-17,20,22,32,42H,5,7,9,11-12H2,1-4H3,(H2,30,33)(H2,31,34)(H,35,38)(H,40,41)/b36-21-. The molecule has 2 aliphatic heterocycles. The molecule has 47 heavy (non-hydrogen) atoms. The van der Waals surface area contributed by atoms with Crippen LogP contribution in [0.25, 0.3) is 0 Å². The number of nitrogens with one attached hydrogen (secondary N) is 2. The highest BCUT2D eigenvalue weighted by molar-refractivity contribution is 7.88. The summed E-state index contributed by atoms with van der Waals surface area (Å²) in [5, 5.41) is 22.7. The fraction of sp³-hybridized carbons (Fsp3) is 0.517. The average Bonchev–Trinajstić information content (AvgIpc) is 3.45. The van der Waals surface area contributed by atoms with E-state index in [-0.39, 0.29) is 35.6 Å². The molecule has 18 heteroatoms. The molecule has 2 aromatic rings. The summed E-state index contributed by atoms with van der Waals surface area (Å²) in [4.78, 5) is 53.0. The van der Waals surface area contributed by atoms with Crippen LogP contribution in [0.4, 0.5) is 5.13 Å². The van der Waals surface area contributed by atoms with E-state index in [9.17, 15) is 19.5 Å². The Labute approximate surface area is 279 Å². The number of carboxylic acid groups (broad SMARTS) is 1. The van der Waals surface area contributed by atoms with Crippen LogP contribution in [0.3, 0.4) is 0 Å². The minimum absolute atomic E-state index is 0.00477. The van der Waals surface area contributed by atoms with E-state index < -0.39 is 46.8 Å². The number of aromatic nitrogens is 1. The van der Waals surface area contributed by atoms with Crippen molar-refractivity contribution in [1.82, 2.24) is 20.7 Å². The Morgan fingerprint density at radius 2 is 2.09 bits per heavy atom. The highest BCUT2D eigenvalue weighted by atomic mass is 32.2. The number of ether oxygens (including phenoxy) is 1. The van der Waals surface area contributed by atoms with Crippen molar-refractivity contribution in [2.75, 3.05) is 12.3 Å². The van der Waals surface area contributed by atoms with Crippen molar-refractivity contribution in [1.29, 1.82) is 0 Å². The lowest BCUT2D eigenvalue weighted by Gasteiger charge is -2.50. The summed E-state index contributed by atoms with van der Waals surface area (Å²) in [5.41, 5.74) is 10.3. The number of benzene rings is 1. The number of aryl methyl sites for hydroxylation is 1. The lowest BCUT2D eigenvalue weighted by atomic mass is 9.84. The van der Waals surface area contributed by atoms with Crippen molar-refractivity contribution in [3.63, 3.8) is 0 Å². The minimum Gasteiger partial charge on any atom is -0.485 e. The van der Waals surface area contributed by atoms with Gasteiger partial charge in [-0.05, 0) is 76.8 Å². The van der Waals surface area contributed by atoms with Gasteiger partial charge in [-0.2, -0.15) is 9.35 Å². The second-order valence-corrected chi connectivity index (χ2v) is 13.4. The number of thiazole rings is 1. The number of hydroxylamine groups is 2. The van der Waals surface area contributed by atoms with E-state index in [2.05, 4.69) is 32.7 Å². The molecule has 3 heterocycles. The number of amidine groups is 1. The Morgan fingerprint density at radius 1 is 1.34 bits per heavy atom. The maximum Gasteiger partial charge on any atom is 0.354 e. The quantitative estimate of drug-likeness (QED) is 0.0578. The molecule has 3 atom stereocenters. The number of carbonyl (C=O) groups is 3. The van der Waals surface area contributed by atoms with Gasteiger partial charge < -0.3 is 41.3 Å². The number of anilines is 1. The molecule has 2 fully saturated rings. The number of nitrogen functional groups attached to an aromatic ring is 1. The van der Waals surface area contributed by atoms with Crippen molar-refractivity contribution in [3.05, 3.63) is 40.4 Å². The van der Waals surface area contributed by atoms with Crippen LogP contribution in [0.15, 0.2) is 33.7 Å². The molecule has 0 radical (unpaired) electrons. The highest BCUT2D eigenvalue weighted by Gasteiger charge is 2.57. The van der Waals surface area contributed by atoms with Crippen molar-refractivity contribution >= 4 is 58.1 Å². The molecular weight excluding hydrogens is 653 g/mol. The third-order valence-electron chi connectivity index (χ3n) is 8.63. The van der Waals surface area contributed by atoms with Gasteiger partial charge in [0.15, 0.2) is 29.3 Å². The van der Waals surface area contributed by atoms with E-state index in [1.165, 1.54) is 12.3 Å². The number of rotatable bonds is 13. The molecule has 1 saturated carbocycles. The van der Waals surface area contributed by atoms with Gasteiger partial charge in [-0.3, -0.25) is 14.6 Å². The number of fused-ring (bicyclic) bond motifs is 1. The number of hydrogen-bond acceptors (Lipinski definition) is 14. The fourth-order valence-electron chi connectivity index (χ4n) is 5.69. The Balaban J connectivity index is 1.32. The highest BCUT2D eigenvalue weighted by Crippen LogP contribution is 2.36. The largest absolute Gasteiger partial charge is 0.485 e. The molecule has 3 aliphatic rings. The smallest absolute Gasteiger partial charge is 0.354 e. The number of oxime groups is 1. The average molecular weight is 691 g/mol. The second kappa shape index (κ2) is 13.6. The van der Waals surface area contributed by atoms with Crippen molar-refractivity contribution < 1.29 is 37.9 Å². The number of hydrogen-bond donors (Lipinski definition) is 6. The van der Waals surface area contributed by atoms with Crippen molar-refractivity contribution in [3.8, 4) is 5.75 Å². The number of nitrogens with zero attached hydrogens (tertiary/aromatic N) is 4. The number of aliphatic carboxylic acids is 1. The lowest BCUT2D eigenvalue weighted by Crippen LogP contribution is -2.76. The molecular formula is C29H38N8O8S2. The molecule has 8 N–H and O–H groups in total. The first-order valence-electron chi connectivity index (χ1n) is 15.0. The van der Waals surface area contributed by atoms with E-state index in [0.29, 0.717) is 24.0 Å². The fourth-order valence-corrected chi connectivity index (χ4v) is 6.57. The zero-order valence-corrected chi connectivity index (χ0v) is 27.9. The van der Waals surface area contributed by atoms with Crippen molar-refractivity contribution in [2.45, 2.75) is 88.7 Å². The molecule has 2 amide bonds. The van der Waals surface area contributed by atoms with E-state index in [0.717, 1.165) is 46.9 Å². The summed E-state index contributed by atoms with van der Waals surface area (Å²) in [6.45, 7) is 7.52.